The van der Waals surface area contributed by atoms with Crippen molar-refractivity contribution < 1.29 is 13.6 Å². The van der Waals surface area contributed by atoms with Crippen LogP contribution in [0.3, 0.4) is 0 Å². The predicted octanol–water partition coefficient (Wildman–Crippen LogP) is 2.50. The number of nitrogens with zero attached hydrogens (tertiary/aromatic N) is 2. The normalized spacial score (nSPS) is 11.1. The maximum atomic E-state index is 13.6. The maximum absolute atomic E-state index is 13.6. The average Bonchev–Trinajstić information content (AvgIpc) is 2.59. The molecule has 0 spiro atoms. The van der Waals surface area contributed by atoms with E-state index in [0.29, 0.717) is 18.9 Å². The molecule has 0 atom stereocenters. The lowest BCUT2D eigenvalue weighted by Gasteiger charge is -2.25. The summed E-state index contributed by atoms with van der Waals surface area (Å²) >= 11 is 0. The van der Waals surface area contributed by atoms with E-state index in [9.17, 15) is 23.2 Å². The highest BCUT2D eigenvalue weighted by Gasteiger charge is 2.25. The number of hydrogen-bond acceptors (Lipinski definition) is 4. The molecule has 1 heterocycles. The van der Waals surface area contributed by atoms with Gasteiger partial charge in [0.15, 0.2) is 5.69 Å². The number of nitrogens with two attached hydrogens (primary N) is 1. The van der Waals surface area contributed by atoms with Crippen molar-refractivity contribution in [2.75, 3.05) is 17.2 Å². The Bertz CT molecular complexity index is 962. The Balaban J connectivity index is 2.64. The molecule has 7 nitrogen and oxygen atoms in total. The van der Waals surface area contributed by atoms with Crippen molar-refractivity contribution in [2.45, 2.75) is 40.2 Å². The molecule has 3 N–H and O–H groups in total. The first-order chi connectivity index (χ1) is 13.1. The molecule has 2 aromatic rings. The number of carbonyl (C=O) groups excluding carboxylic acids is 1. The molecule has 0 aliphatic heterocycles. The van der Waals surface area contributed by atoms with Crippen LogP contribution in [0.5, 0.6) is 0 Å². The minimum atomic E-state index is -0.912. The van der Waals surface area contributed by atoms with Gasteiger partial charge >= 0.3 is 5.69 Å². The van der Waals surface area contributed by atoms with Crippen molar-refractivity contribution in [1.82, 2.24) is 9.55 Å². The van der Waals surface area contributed by atoms with Crippen LogP contribution >= 0.6 is 0 Å². The Hall–Kier alpha value is -2.97. The summed E-state index contributed by atoms with van der Waals surface area (Å²) in [5, 5.41) is 0. The first-order valence-corrected chi connectivity index (χ1v) is 9.06. The molecule has 0 saturated heterocycles. The Labute approximate surface area is 160 Å². The van der Waals surface area contributed by atoms with Gasteiger partial charge in [-0.1, -0.05) is 27.2 Å². The van der Waals surface area contributed by atoms with Crippen molar-refractivity contribution in [3.05, 3.63) is 56.2 Å². The molecule has 1 aromatic heterocycles. The van der Waals surface area contributed by atoms with Gasteiger partial charge in [-0.2, -0.15) is 0 Å². The standard InChI is InChI=1S/C19H24F2N4O3/c1-4-5-6-24(18(27)12-7-13(20)9-14(21)8-12)15-16(22)25(10-11(2)3)19(28)23-17(15)26/h7-9,11H,4-6,10,22H2,1-3H3,(H,23,26,28). The molecule has 2 rings (SSSR count). The lowest BCUT2D eigenvalue weighted by atomic mass is 10.1. The molecule has 0 bridgehead atoms. The minimum absolute atomic E-state index is 0.0517. The average molecular weight is 394 g/mol. The van der Waals surface area contributed by atoms with Gasteiger partial charge in [-0.15, -0.1) is 0 Å². The van der Waals surface area contributed by atoms with Crippen molar-refractivity contribution in [3.63, 3.8) is 0 Å². The minimum Gasteiger partial charge on any atom is -0.383 e. The first kappa shape index (κ1) is 21.3. The summed E-state index contributed by atoms with van der Waals surface area (Å²) in [4.78, 5) is 40.8. The largest absolute Gasteiger partial charge is 0.383 e. The molecule has 28 heavy (non-hydrogen) atoms. The molecular formula is C19H24F2N4O3. The molecule has 0 unspecified atom stereocenters. The molecule has 0 saturated carbocycles. The third kappa shape index (κ3) is 4.65. The lowest BCUT2D eigenvalue weighted by molar-refractivity contribution is 0.0985. The zero-order chi connectivity index (χ0) is 21.0. The summed E-state index contributed by atoms with van der Waals surface area (Å²) in [6.45, 7) is 5.95. The number of benzene rings is 1. The number of aromatic amines is 1. The van der Waals surface area contributed by atoms with Crippen LogP contribution in [-0.4, -0.2) is 22.0 Å². The van der Waals surface area contributed by atoms with Crippen LogP contribution in [0.1, 0.15) is 44.0 Å². The topological polar surface area (TPSA) is 101 Å². The second kappa shape index (κ2) is 8.81. The van der Waals surface area contributed by atoms with Gasteiger partial charge in [-0.3, -0.25) is 19.1 Å². The molecular weight excluding hydrogens is 370 g/mol. The van der Waals surface area contributed by atoms with Crippen molar-refractivity contribution >= 4 is 17.4 Å². The maximum Gasteiger partial charge on any atom is 0.330 e. The molecule has 1 amide bonds. The number of nitrogen functional groups attached to an aromatic ring is 1. The molecule has 0 radical (unpaired) electrons. The zero-order valence-electron chi connectivity index (χ0n) is 16.1. The Morgan fingerprint density at radius 1 is 1.21 bits per heavy atom. The Morgan fingerprint density at radius 3 is 2.36 bits per heavy atom. The van der Waals surface area contributed by atoms with E-state index in [-0.39, 0.29) is 36.1 Å². The van der Waals surface area contributed by atoms with Crippen molar-refractivity contribution in [2.24, 2.45) is 5.92 Å². The van der Waals surface area contributed by atoms with Gasteiger partial charge in [-0.25, -0.2) is 13.6 Å². The van der Waals surface area contributed by atoms with E-state index in [1.807, 2.05) is 20.8 Å². The van der Waals surface area contributed by atoms with Gasteiger partial charge in [0, 0.05) is 24.7 Å². The van der Waals surface area contributed by atoms with Gasteiger partial charge in [0.05, 0.1) is 0 Å². The van der Waals surface area contributed by atoms with E-state index in [4.69, 9.17) is 5.73 Å². The fraction of sp³-hybridized carbons (Fsp3) is 0.421. The number of amides is 1. The predicted molar refractivity (Wildman–Crippen MR) is 104 cm³/mol. The van der Waals surface area contributed by atoms with E-state index < -0.39 is 28.8 Å². The number of nitrogens with one attached hydrogen (secondary N) is 1. The van der Waals surface area contributed by atoms with Gasteiger partial charge in [-0.05, 0) is 24.5 Å². The first-order valence-electron chi connectivity index (χ1n) is 9.06. The van der Waals surface area contributed by atoms with Crippen molar-refractivity contribution in [1.29, 1.82) is 0 Å². The summed E-state index contributed by atoms with van der Waals surface area (Å²) in [7, 11) is 0. The summed E-state index contributed by atoms with van der Waals surface area (Å²) in [5.41, 5.74) is 4.11. The van der Waals surface area contributed by atoms with Crippen LogP contribution in [-0.2, 0) is 6.54 Å². The number of rotatable bonds is 7. The Kier molecular flexibility index (Phi) is 6.71. The number of hydrogen-bond donors (Lipinski definition) is 2. The van der Waals surface area contributed by atoms with E-state index in [1.165, 1.54) is 4.57 Å². The van der Waals surface area contributed by atoms with Crippen LogP contribution in [0.15, 0.2) is 27.8 Å². The monoisotopic (exact) mass is 394 g/mol. The van der Waals surface area contributed by atoms with Gasteiger partial charge in [0.1, 0.15) is 17.5 Å². The highest BCUT2D eigenvalue weighted by atomic mass is 19.1. The number of carbonyl (C=O) groups is 1. The zero-order valence-corrected chi connectivity index (χ0v) is 16.1. The van der Waals surface area contributed by atoms with E-state index in [1.54, 1.807) is 0 Å². The van der Waals surface area contributed by atoms with E-state index in [0.717, 1.165) is 17.0 Å². The molecule has 1 aromatic carbocycles. The van der Waals surface area contributed by atoms with Gasteiger partial charge in [0.2, 0.25) is 0 Å². The van der Waals surface area contributed by atoms with Crippen LogP contribution in [0.2, 0.25) is 0 Å². The fourth-order valence-corrected chi connectivity index (χ4v) is 2.85. The number of aromatic nitrogens is 2. The molecule has 0 fully saturated rings. The molecule has 0 aliphatic carbocycles. The molecule has 152 valence electrons. The fourth-order valence-electron chi connectivity index (χ4n) is 2.85. The third-order valence-corrected chi connectivity index (χ3v) is 4.12. The van der Waals surface area contributed by atoms with Crippen LogP contribution in [0.25, 0.3) is 0 Å². The summed E-state index contributed by atoms with van der Waals surface area (Å²) in [5.74, 6) is -2.71. The Morgan fingerprint density at radius 2 is 1.82 bits per heavy atom. The summed E-state index contributed by atoms with van der Waals surface area (Å²) < 4.78 is 28.3. The van der Waals surface area contributed by atoms with E-state index >= 15 is 0 Å². The number of unbranched alkanes of at least 4 members (excludes halogenated alkanes) is 1. The van der Waals surface area contributed by atoms with Crippen LogP contribution in [0, 0.1) is 17.6 Å². The molecule has 9 heteroatoms. The smallest absolute Gasteiger partial charge is 0.330 e. The van der Waals surface area contributed by atoms with Crippen LogP contribution in [0.4, 0.5) is 20.3 Å². The lowest BCUT2D eigenvalue weighted by Crippen LogP contribution is -2.42. The van der Waals surface area contributed by atoms with E-state index in [2.05, 4.69) is 4.98 Å². The highest BCUT2D eigenvalue weighted by Crippen LogP contribution is 2.21. The van der Waals surface area contributed by atoms with Gasteiger partial charge in [0.25, 0.3) is 11.5 Å². The second-order valence-corrected chi connectivity index (χ2v) is 6.97. The number of anilines is 2. The quantitative estimate of drug-likeness (QED) is 0.753. The van der Waals surface area contributed by atoms with Gasteiger partial charge < -0.3 is 10.6 Å². The SMILES string of the molecule is CCCCN(C(=O)c1cc(F)cc(F)c1)c1c(N)n(CC(C)C)c(=O)[nH]c1=O. The highest BCUT2D eigenvalue weighted by molar-refractivity contribution is 6.07. The number of H-pyrrole nitrogens is 1. The molecule has 0 aliphatic rings. The summed E-state index contributed by atoms with van der Waals surface area (Å²) in [6, 6.07) is 2.43. The second-order valence-electron chi connectivity index (χ2n) is 6.97. The van der Waals surface area contributed by atoms with Crippen LogP contribution < -0.4 is 21.9 Å². The summed E-state index contributed by atoms with van der Waals surface area (Å²) in [6.07, 6.45) is 1.22. The third-order valence-electron chi connectivity index (χ3n) is 4.12. The number of halogens is 2. The van der Waals surface area contributed by atoms with Crippen molar-refractivity contribution in [3.8, 4) is 0 Å².